The SMILES string of the molecule is C=CCOC(=O)N(C(=O)CN)[C@@H](CC(C)C)C(=O)O. The Morgan fingerprint density at radius 2 is 2.00 bits per heavy atom. The zero-order valence-corrected chi connectivity index (χ0v) is 11.2. The third-order valence-corrected chi connectivity index (χ3v) is 2.26. The topological polar surface area (TPSA) is 110 Å². The molecular formula is C12H20N2O5. The molecule has 0 rings (SSSR count). The smallest absolute Gasteiger partial charge is 0.417 e. The molecule has 0 saturated carbocycles. The molecule has 0 fully saturated rings. The van der Waals surface area contributed by atoms with Crippen LogP contribution >= 0.6 is 0 Å². The van der Waals surface area contributed by atoms with E-state index in [1.807, 2.05) is 0 Å². The van der Waals surface area contributed by atoms with Gasteiger partial charge < -0.3 is 15.6 Å². The lowest BCUT2D eigenvalue weighted by molar-refractivity contribution is -0.148. The molecule has 19 heavy (non-hydrogen) atoms. The molecule has 0 unspecified atom stereocenters. The van der Waals surface area contributed by atoms with E-state index >= 15 is 0 Å². The van der Waals surface area contributed by atoms with Crippen LogP contribution < -0.4 is 5.73 Å². The summed E-state index contributed by atoms with van der Waals surface area (Å²) in [6.07, 6.45) is 0.425. The summed E-state index contributed by atoms with van der Waals surface area (Å²) in [5.41, 5.74) is 5.20. The maximum absolute atomic E-state index is 11.7. The number of carbonyl (C=O) groups is 3. The van der Waals surface area contributed by atoms with Crippen LogP contribution in [0, 0.1) is 5.92 Å². The lowest BCUT2D eigenvalue weighted by Crippen LogP contribution is -2.51. The summed E-state index contributed by atoms with van der Waals surface area (Å²) in [5.74, 6) is -2.07. The first-order chi connectivity index (χ1) is 8.84. The van der Waals surface area contributed by atoms with Crippen molar-refractivity contribution in [1.29, 1.82) is 0 Å². The number of rotatable bonds is 7. The Bertz CT molecular complexity index is 354. The average molecular weight is 272 g/mol. The number of nitrogens with two attached hydrogens (primary N) is 1. The highest BCUT2D eigenvalue weighted by molar-refractivity contribution is 5.97. The summed E-state index contributed by atoms with van der Waals surface area (Å²) in [7, 11) is 0. The van der Waals surface area contributed by atoms with Gasteiger partial charge in [0.1, 0.15) is 12.6 Å². The summed E-state index contributed by atoms with van der Waals surface area (Å²) in [4.78, 5) is 35.2. The fourth-order valence-corrected chi connectivity index (χ4v) is 1.46. The van der Waals surface area contributed by atoms with E-state index in [9.17, 15) is 14.4 Å². The number of carboxylic acid groups (broad SMARTS) is 1. The van der Waals surface area contributed by atoms with Gasteiger partial charge in [0.25, 0.3) is 0 Å². The minimum absolute atomic E-state index is 0.0126. The Balaban J connectivity index is 5.17. The van der Waals surface area contributed by atoms with E-state index in [1.54, 1.807) is 13.8 Å². The molecule has 108 valence electrons. The normalized spacial score (nSPS) is 11.8. The second kappa shape index (κ2) is 8.25. The van der Waals surface area contributed by atoms with Crippen LogP contribution in [0.4, 0.5) is 4.79 Å². The van der Waals surface area contributed by atoms with E-state index in [4.69, 9.17) is 15.6 Å². The Hall–Kier alpha value is -1.89. The van der Waals surface area contributed by atoms with Gasteiger partial charge in [-0.25, -0.2) is 14.5 Å². The second-order valence-corrected chi connectivity index (χ2v) is 4.32. The van der Waals surface area contributed by atoms with Crippen LogP contribution in [-0.4, -0.2) is 47.2 Å². The van der Waals surface area contributed by atoms with E-state index in [-0.39, 0.29) is 18.9 Å². The Labute approximate surface area is 112 Å². The standard InChI is InChI=1S/C12H20N2O5/c1-4-5-19-12(18)14(10(15)7-13)9(11(16)17)6-8(2)3/h4,8-9H,1,5-7,13H2,2-3H3,(H,16,17)/t9-/m0/s1. The lowest BCUT2D eigenvalue weighted by Gasteiger charge is -2.27. The Morgan fingerprint density at radius 1 is 1.42 bits per heavy atom. The molecule has 7 nitrogen and oxygen atoms in total. The summed E-state index contributed by atoms with van der Waals surface area (Å²) < 4.78 is 4.72. The minimum atomic E-state index is -1.28. The van der Waals surface area contributed by atoms with Gasteiger partial charge in [0, 0.05) is 0 Å². The van der Waals surface area contributed by atoms with Crippen LogP contribution in [0.15, 0.2) is 12.7 Å². The van der Waals surface area contributed by atoms with Gasteiger partial charge in [-0.3, -0.25) is 4.79 Å². The molecule has 0 aliphatic heterocycles. The lowest BCUT2D eigenvalue weighted by atomic mass is 10.0. The molecule has 0 heterocycles. The molecule has 0 saturated heterocycles. The molecule has 0 aliphatic rings. The number of carbonyl (C=O) groups excluding carboxylic acids is 2. The molecule has 0 aromatic rings. The highest BCUT2D eigenvalue weighted by atomic mass is 16.6. The molecule has 0 aliphatic carbocycles. The number of ether oxygens (including phenoxy) is 1. The monoisotopic (exact) mass is 272 g/mol. The van der Waals surface area contributed by atoms with E-state index in [0.29, 0.717) is 4.90 Å². The second-order valence-electron chi connectivity index (χ2n) is 4.32. The molecule has 3 N–H and O–H groups in total. The van der Waals surface area contributed by atoms with E-state index < -0.39 is 30.6 Å². The van der Waals surface area contributed by atoms with E-state index in [1.165, 1.54) is 6.08 Å². The third-order valence-electron chi connectivity index (χ3n) is 2.26. The predicted octanol–water partition coefficient (Wildman–Crippen LogP) is 0.596. The number of aliphatic carboxylic acids is 1. The number of nitrogens with zero attached hydrogens (tertiary/aromatic N) is 1. The minimum Gasteiger partial charge on any atom is -0.480 e. The third kappa shape index (κ3) is 5.52. The van der Waals surface area contributed by atoms with Crippen molar-refractivity contribution in [3.05, 3.63) is 12.7 Å². The molecule has 0 aromatic heterocycles. The maximum Gasteiger partial charge on any atom is 0.417 e. The molecule has 0 radical (unpaired) electrons. The van der Waals surface area contributed by atoms with Gasteiger partial charge in [-0.1, -0.05) is 26.5 Å². The first kappa shape index (κ1) is 17.1. The number of amides is 2. The van der Waals surface area contributed by atoms with Gasteiger partial charge in [-0.05, 0) is 12.3 Å². The number of hydrogen-bond acceptors (Lipinski definition) is 5. The fraction of sp³-hybridized carbons (Fsp3) is 0.583. The first-order valence-corrected chi connectivity index (χ1v) is 5.87. The first-order valence-electron chi connectivity index (χ1n) is 5.87. The van der Waals surface area contributed by atoms with Gasteiger partial charge in [-0.2, -0.15) is 0 Å². The Morgan fingerprint density at radius 3 is 2.37 bits per heavy atom. The zero-order valence-electron chi connectivity index (χ0n) is 11.2. The van der Waals surface area contributed by atoms with Gasteiger partial charge in [0.05, 0.1) is 6.54 Å². The maximum atomic E-state index is 11.7. The van der Waals surface area contributed by atoms with Crippen LogP contribution in [0.5, 0.6) is 0 Å². The predicted molar refractivity (Wildman–Crippen MR) is 68.3 cm³/mol. The zero-order chi connectivity index (χ0) is 15.0. The van der Waals surface area contributed by atoms with Crippen molar-refractivity contribution in [2.75, 3.05) is 13.2 Å². The number of imide groups is 1. The van der Waals surface area contributed by atoms with Crippen molar-refractivity contribution in [3.63, 3.8) is 0 Å². The van der Waals surface area contributed by atoms with Gasteiger partial charge in [0.15, 0.2) is 0 Å². The molecule has 0 aromatic carbocycles. The molecule has 0 spiro atoms. The van der Waals surface area contributed by atoms with Crippen LogP contribution in [0.25, 0.3) is 0 Å². The summed E-state index contributed by atoms with van der Waals surface area (Å²) in [6, 6.07) is -1.28. The van der Waals surface area contributed by atoms with Crippen molar-refractivity contribution >= 4 is 18.0 Å². The number of hydrogen-bond donors (Lipinski definition) is 2. The number of carboxylic acids is 1. The molecule has 1 atom stereocenters. The van der Waals surface area contributed by atoms with Crippen LogP contribution in [-0.2, 0) is 14.3 Å². The Kier molecular flexibility index (Phi) is 7.43. The van der Waals surface area contributed by atoms with Crippen LogP contribution in [0.3, 0.4) is 0 Å². The van der Waals surface area contributed by atoms with Crippen molar-refractivity contribution in [1.82, 2.24) is 4.90 Å². The van der Waals surface area contributed by atoms with Crippen LogP contribution in [0.2, 0.25) is 0 Å². The van der Waals surface area contributed by atoms with Crippen molar-refractivity contribution in [2.24, 2.45) is 11.7 Å². The van der Waals surface area contributed by atoms with Crippen LogP contribution in [0.1, 0.15) is 20.3 Å². The average Bonchev–Trinajstić information content (AvgIpc) is 2.34. The highest BCUT2D eigenvalue weighted by Crippen LogP contribution is 2.14. The van der Waals surface area contributed by atoms with Gasteiger partial charge in [0.2, 0.25) is 5.91 Å². The fourth-order valence-electron chi connectivity index (χ4n) is 1.46. The summed E-state index contributed by atoms with van der Waals surface area (Å²) >= 11 is 0. The van der Waals surface area contributed by atoms with Crippen molar-refractivity contribution in [2.45, 2.75) is 26.3 Å². The molecule has 2 amide bonds. The van der Waals surface area contributed by atoms with Gasteiger partial charge in [-0.15, -0.1) is 0 Å². The van der Waals surface area contributed by atoms with Gasteiger partial charge >= 0.3 is 12.1 Å². The highest BCUT2D eigenvalue weighted by Gasteiger charge is 2.35. The van der Waals surface area contributed by atoms with Crippen molar-refractivity contribution < 1.29 is 24.2 Å². The van der Waals surface area contributed by atoms with Crippen molar-refractivity contribution in [3.8, 4) is 0 Å². The molecular weight excluding hydrogens is 252 g/mol. The molecule has 7 heteroatoms. The largest absolute Gasteiger partial charge is 0.480 e. The summed E-state index contributed by atoms with van der Waals surface area (Å²) in [6.45, 7) is 6.36. The van der Waals surface area contributed by atoms with E-state index in [0.717, 1.165) is 0 Å². The molecule has 0 bridgehead atoms. The van der Waals surface area contributed by atoms with E-state index in [2.05, 4.69) is 6.58 Å². The quantitative estimate of drug-likeness (QED) is 0.656. The summed E-state index contributed by atoms with van der Waals surface area (Å²) in [5, 5.41) is 9.15.